The van der Waals surface area contributed by atoms with Crippen LogP contribution in [0, 0.1) is 0 Å². The largest absolute Gasteiger partial charge is 0.459 e. The Morgan fingerprint density at radius 3 is 3.12 bits per heavy atom. The lowest BCUT2D eigenvalue weighted by Gasteiger charge is -2.22. The van der Waals surface area contributed by atoms with E-state index in [9.17, 15) is 4.79 Å². The van der Waals surface area contributed by atoms with Gasteiger partial charge in [0.2, 0.25) is 0 Å². The van der Waals surface area contributed by atoms with Gasteiger partial charge in [-0.2, -0.15) is 5.10 Å². The van der Waals surface area contributed by atoms with E-state index in [1.807, 2.05) is 6.92 Å². The van der Waals surface area contributed by atoms with E-state index < -0.39 is 0 Å². The minimum atomic E-state index is -0.343. The molecule has 0 bridgehead atoms. The Hall–Kier alpha value is -1.36. The minimum absolute atomic E-state index is 0.306. The van der Waals surface area contributed by atoms with Crippen molar-refractivity contribution in [1.82, 2.24) is 9.78 Å². The molecule has 1 aromatic rings. The maximum Gasteiger partial charge on any atom is 0.341 e. The van der Waals surface area contributed by atoms with Gasteiger partial charge in [-0.05, 0) is 19.8 Å². The summed E-state index contributed by atoms with van der Waals surface area (Å²) in [4.78, 5) is 11.6. The second kappa shape index (κ2) is 4.25. The van der Waals surface area contributed by atoms with Crippen LogP contribution in [0.3, 0.4) is 0 Å². The summed E-state index contributed by atoms with van der Waals surface area (Å²) in [6.07, 6.45) is 5.11. The van der Waals surface area contributed by atoms with Gasteiger partial charge in [0.25, 0.3) is 0 Å². The highest BCUT2D eigenvalue weighted by molar-refractivity contribution is 5.88. The Labute approximate surface area is 94.3 Å². The predicted octanol–water partition coefficient (Wildman–Crippen LogP) is 1.15. The van der Waals surface area contributed by atoms with Gasteiger partial charge < -0.3 is 9.47 Å². The van der Waals surface area contributed by atoms with E-state index >= 15 is 0 Å². The van der Waals surface area contributed by atoms with Crippen LogP contribution in [-0.4, -0.2) is 34.6 Å². The first kappa shape index (κ1) is 11.1. The van der Waals surface area contributed by atoms with Crippen molar-refractivity contribution in [3.63, 3.8) is 0 Å². The van der Waals surface area contributed by atoms with Gasteiger partial charge in [0, 0.05) is 19.9 Å². The number of hydrogen-bond donors (Lipinski definition) is 0. The smallest absolute Gasteiger partial charge is 0.341 e. The zero-order chi connectivity index (χ0) is 11.6. The number of rotatable bonds is 3. The molecule has 5 heteroatoms. The molecule has 1 aromatic heterocycles. The second-order valence-corrected chi connectivity index (χ2v) is 4.38. The number of aromatic nitrogens is 2. The molecule has 2 rings (SSSR count). The molecular weight excluding hydrogens is 208 g/mol. The maximum atomic E-state index is 11.6. The number of carbonyl (C=O) groups excluding carboxylic acids is 1. The van der Waals surface area contributed by atoms with Crippen LogP contribution in [0.5, 0.6) is 0 Å². The molecule has 1 aliphatic rings. The third-order valence-corrected chi connectivity index (χ3v) is 2.75. The summed E-state index contributed by atoms with van der Waals surface area (Å²) in [6, 6.07) is 0. The Bertz CT molecular complexity index is 380. The Balaban J connectivity index is 1.88. The fraction of sp³-hybridized carbons (Fsp3) is 0.636. The van der Waals surface area contributed by atoms with Crippen molar-refractivity contribution in [2.75, 3.05) is 13.2 Å². The van der Waals surface area contributed by atoms with Crippen molar-refractivity contribution >= 4 is 5.97 Å². The standard InChI is InChI=1S/C11H16N2O3/c1-11(4-3-5-16-11)8-15-10(14)9-6-12-13(2)7-9/h6-7H,3-5,8H2,1-2H3/t11-/m0/s1. The highest BCUT2D eigenvalue weighted by Gasteiger charge is 2.31. The zero-order valence-electron chi connectivity index (χ0n) is 9.60. The fourth-order valence-electron chi connectivity index (χ4n) is 1.78. The van der Waals surface area contributed by atoms with E-state index in [1.165, 1.54) is 6.20 Å². The van der Waals surface area contributed by atoms with Gasteiger partial charge in [-0.3, -0.25) is 4.68 Å². The van der Waals surface area contributed by atoms with Crippen molar-refractivity contribution in [1.29, 1.82) is 0 Å². The van der Waals surface area contributed by atoms with Crippen LogP contribution in [0.1, 0.15) is 30.1 Å². The molecule has 1 aliphatic heterocycles. The molecule has 1 fully saturated rings. The van der Waals surface area contributed by atoms with Crippen LogP contribution < -0.4 is 0 Å². The van der Waals surface area contributed by atoms with Crippen molar-refractivity contribution in [2.45, 2.75) is 25.4 Å². The van der Waals surface area contributed by atoms with Crippen LogP contribution >= 0.6 is 0 Å². The number of aryl methyl sites for hydroxylation is 1. The molecule has 0 saturated carbocycles. The SMILES string of the molecule is Cn1cc(C(=O)OC[C@]2(C)CCCO2)cn1. The van der Waals surface area contributed by atoms with Crippen LogP contribution in [0.25, 0.3) is 0 Å². The van der Waals surface area contributed by atoms with Gasteiger partial charge in [-0.1, -0.05) is 0 Å². The molecule has 5 nitrogen and oxygen atoms in total. The molecule has 0 amide bonds. The molecule has 2 heterocycles. The molecule has 1 saturated heterocycles. The summed E-state index contributed by atoms with van der Waals surface area (Å²) in [5, 5.41) is 3.92. The normalized spacial score (nSPS) is 24.6. The number of hydrogen-bond acceptors (Lipinski definition) is 4. The number of ether oxygens (including phenoxy) is 2. The quantitative estimate of drug-likeness (QED) is 0.723. The fourth-order valence-corrected chi connectivity index (χ4v) is 1.78. The molecule has 1 atom stereocenters. The first-order valence-electron chi connectivity index (χ1n) is 5.39. The molecule has 0 aromatic carbocycles. The van der Waals surface area contributed by atoms with Gasteiger partial charge in [0.05, 0.1) is 17.4 Å². The first-order valence-corrected chi connectivity index (χ1v) is 5.39. The third kappa shape index (κ3) is 2.41. The van der Waals surface area contributed by atoms with E-state index in [0.29, 0.717) is 12.2 Å². The highest BCUT2D eigenvalue weighted by atomic mass is 16.6. The van der Waals surface area contributed by atoms with Crippen molar-refractivity contribution < 1.29 is 14.3 Å². The molecule has 0 aliphatic carbocycles. The van der Waals surface area contributed by atoms with Gasteiger partial charge in [0.1, 0.15) is 6.61 Å². The monoisotopic (exact) mass is 224 g/mol. The second-order valence-electron chi connectivity index (χ2n) is 4.38. The van der Waals surface area contributed by atoms with Crippen molar-refractivity contribution in [3.8, 4) is 0 Å². The Morgan fingerprint density at radius 1 is 1.75 bits per heavy atom. The first-order chi connectivity index (χ1) is 7.59. The van der Waals surface area contributed by atoms with Gasteiger partial charge >= 0.3 is 5.97 Å². The Kier molecular flexibility index (Phi) is 2.96. The molecular formula is C11H16N2O3. The lowest BCUT2D eigenvalue weighted by Crippen LogP contribution is -2.31. The summed E-state index contributed by atoms with van der Waals surface area (Å²) >= 11 is 0. The van der Waals surface area contributed by atoms with E-state index in [4.69, 9.17) is 9.47 Å². The van der Waals surface area contributed by atoms with E-state index in [0.717, 1.165) is 19.4 Å². The van der Waals surface area contributed by atoms with Crippen molar-refractivity contribution in [2.24, 2.45) is 7.05 Å². The number of nitrogens with zero attached hydrogens (tertiary/aromatic N) is 2. The topological polar surface area (TPSA) is 53.4 Å². The molecule has 0 unspecified atom stereocenters. The molecule has 0 spiro atoms. The Morgan fingerprint density at radius 2 is 2.56 bits per heavy atom. The van der Waals surface area contributed by atoms with E-state index in [1.54, 1.807) is 17.9 Å². The molecule has 16 heavy (non-hydrogen) atoms. The van der Waals surface area contributed by atoms with E-state index in [-0.39, 0.29) is 11.6 Å². The third-order valence-electron chi connectivity index (χ3n) is 2.75. The number of esters is 1. The molecule has 0 radical (unpaired) electrons. The van der Waals surface area contributed by atoms with Gasteiger partial charge in [0.15, 0.2) is 0 Å². The van der Waals surface area contributed by atoms with Crippen LogP contribution in [0.4, 0.5) is 0 Å². The zero-order valence-corrected chi connectivity index (χ0v) is 9.60. The summed E-state index contributed by atoms with van der Waals surface area (Å²) in [5.74, 6) is -0.343. The van der Waals surface area contributed by atoms with Gasteiger partial charge in [-0.25, -0.2) is 4.79 Å². The average Bonchev–Trinajstić information content (AvgIpc) is 2.85. The van der Waals surface area contributed by atoms with E-state index in [2.05, 4.69) is 5.10 Å². The maximum absolute atomic E-state index is 11.6. The average molecular weight is 224 g/mol. The van der Waals surface area contributed by atoms with Crippen LogP contribution in [0.2, 0.25) is 0 Å². The highest BCUT2D eigenvalue weighted by Crippen LogP contribution is 2.25. The predicted molar refractivity (Wildman–Crippen MR) is 57.1 cm³/mol. The van der Waals surface area contributed by atoms with Crippen LogP contribution in [0.15, 0.2) is 12.4 Å². The summed E-state index contributed by atoms with van der Waals surface area (Å²) in [5.41, 5.74) is 0.168. The molecule has 88 valence electrons. The lowest BCUT2D eigenvalue weighted by molar-refractivity contribution is -0.0378. The molecule has 0 N–H and O–H groups in total. The van der Waals surface area contributed by atoms with Crippen LogP contribution in [-0.2, 0) is 16.5 Å². The van der Waals surface area contributed by atoms with Gasteiger partial charge in [-0.15, -0.1) is 0 Å². The minimum Gasteiger partial charge on any atom is -0.459 e. The summed E-state index contributed by atoms with van der Waals surface area (Å²) in [7, 11) is 1.76. The lowest BCUT2D eigenvalue weighted by atomic mass is 10.0. The summed E-state index contributed by atoms with van der Waals surface area (Å²) < 4.78 is 12.3. The summed E-state index contributed by atoms with van der Waals surface area (Å²) in [6.45, 7) is 3.03. The van der Waals surface area contributed by atoms with Crippen molar-refractivity contribution in [3.05, 3.63) is 18.0 Å². The number of carbonyl (C=O) groups is 1.